The van der Waals surface area contributed by atoms with Crippen LogP contribution in [0.5, 0.6) is 28.1 Å². The van der Waals surface area contributed by atoms with Crippen LogP contribution in [0.4, 0.5) is 10.7 Å². The molecular weight excluding hydrogens is 510 g/mol. The zero-order valence-electron chi connectivity index (χ0n) is 21.2. The summed E-state index contributed by atoms with van der Waals surface area (Å²) in [6.07, 6.45) is 5.48. The summed E-state index contributed by atoms with van der Waals surface area (Å²) in [6.45, 7) is 0.908. The van der Waals surface area contributed by atoms with Gasteiger partial charge < -0.3 is 23.7 Å². The van der Waals surface area contributed by atoms with Crippen LogP contribution in [0.15, 0.2) is 36.4 Å². The molecule has 1 aliphatic rings. The number of H-pyrrole nitrogens is 1. The number of carbonyl (C=O) groups is 1. The molecule has 11 nitrogen and oxygen atoms in total. The Kier molecular flexibility index (Phi) is 8.07. The highest BCUT2D eigenvalue weighted by molar-refractivity contribution is 7.21. The number of ether oxygens (including phenoxy) is 5. The summed E-state index contributed by atoms with van der Waals surface area (Å²) in [4.78, 5) is 12.6. The van der Waals surface area contributed by atoms with Crippen molar-refractivity contribution in [2.75, 3.05) is 26.1 Å². The van der Waals surface area contributed by atoms with E-state index in [0.29, 0.717) is 29.8 Å². The van der Waals surface area contributed by atoms with Gasteiger partial charge in [-0.25, -0.2) is 9.89 Å². The number of hydrogen-bond acceptors (Lipinski definition) is 10. The molecule has 2 N–H and O–H groups in total. The van der Waals surface area contributed by atoms with Gasteiger partial charge in [-0.2, -0.15) is 0 Å². The standard InChI is InChI=1S/C26H29N5O6S/c1-33-20-12-18-22(13-21(20)34-2)38-24(37-26(32)27-25-28-30-31-29-25)23(18)36-15-17-10-6-7-11-19(17)35-14-16-8-4-3-5-9-16/h6-7,10-13,16H,3-5,8-9,14-15H2,1-2H3,(H2,27,28,29,30,31,32). The number of aromatic amines is 1. The molecule has 0 bridgehead atoms. The summed E-state index contributed by atoms with van der Waals surface area (Å²) in [7, 11) is 3.13. The number of hydrogen-bond donors (Lipinski definition) is 2. The molecular formula is C26H29N5O6S. The Morgan fingerprint density at radius 2 is 1.84 bits per heavy atom. The molecule has 2 heterocycles. The second-order valence-electron chi connectivity index (χ2n) is 8.90. The normalized spacial score (nSPS) is 13.7. The molecule has 4 aromatic rings. The fraction of sp³-hybridized carbons (Fsp3) is 0.385. The smallest absolute Gasteiger partial charge is 0.420 e. The van der Waals surface area contributed by atoms with E-state index in [1.54, 1.807) is 20.3 Å². The Hall–Kier alpha value is -4.06. The first-order chi connectivity index (χ1) is 18.6. The summed E-state index contributed by atoms with van der Waals surface area (Å²) < 4.78 is 29.9. The molecule has 1 amide bonds. The quantitative estimate of drug-likeness (QED) is 0.265. The van der Waals surface area contributed by atoms with Crippen molar-refractivity contribution in [3.63, 3.8) is 0 Å². The molecule has 38 heavy (non-hydrogen) atoms. The number of amides is 1. The molecule has 1 saturated carbocycles. The van der Waals surface area contributed by atoms with Crippen LogP contribution in [0.2, 0.25) is 0 Å². The number of tetrazole rings is 1. The van der Waals surface area contributed by atoms with E-state index >= 15 is 0 Å². The van der Waals surface area contributed by atoms with Gasteiger partial charge in [-0.1, -0.05) is 53.9 Å². The van der Waals surface area contributed by atoms with Crippen molar-refractivity contribution in [1.29, 1.82) is 0 Å². The SMILES string of the molecule is COc1cc2sc(OC(=O)Nc3nnn[nH]3)c(OCc3ccccc3OCC3CCCCC3)c2cc1OC. The topological polar surface area (TPSA) is 130 Å². The van der Waals surface area contributed by atoms with Gasteiger partial charge in [0.05, 0.1) is 20.8 Å². The third-order valence-electron chi connectivity index (χ3n) is 6.41. The number of thiophene rings is 1. The van der Waals surface area contributed by atoms with Gasteiger partial charge in [0.15, 0.2) is 17.2 Å². The van der Waals surface area contributed by atoms with Crippen LogP contribution in [0, 0.1) is 5.92 Å². The van der Waals surface area contributed by atoms with Crippen molar-refractivity contribution >= 4 is 33.5 Å². The minimum absolute atomic E-state index is 0.0611. The van der Waals surface area contributed by atoms with E-state index in [1.807, 2.05) is 30.3 Å². The lowest BCUT2D eigenvalue weighted by Crippen LogP contribution is -2.17. The van der Waals surface area contributed by atoms with Crippen molar-refractivity contribution < 1.29 is 28.5 Å². The average Bonchev–Trinajstić information content (AvgIpc) is 3.57. The maximum absolute atomic E-state index is 12.6. The van der Waals surface area contributed by atoms with Gasteiger partial charge in [0, 0.05) is 21.7 Å². The average molecular weight is 540 g/mol. The summed E-state index contributed by atoms with van der Waals surface area (Å²) in [6, 6.07) is 11.4. The monoisotopic (exact) mass is 539 g/mol. The van der Waals surface area contributed by atoms with Crippen molar-refractivity contribution in [1.82, 2.24) is 20.6 Å². The predicted octanol–water partition coefficient (Wildman–Crippen LogP) is 5.58. The van der Waals surface area contributed by atoms with E-state index in [4.69, 9.17) is 23.7 Å². The number of carbonyl (C=O) groups excluding carboxylic acids is 1. The number of fused-ring (bicyclic) bond motifs is 1. The van der Waals surface area contributed by atoms with E-state index in [1.165, 1.54) is 43.4 Å². The first kappa shape index (κ1) is 25.6. The maximum atomic E-state index is 12.6. The molecule has 12 heteroatoms. The number of anilines is 1. The molecule has 0 unspecified atom stereocenters. The van der Waals surface area contributed by atoms with Gasteiger partial charge in [-0.05, 0) is 41.3 Å². The number of nitrogens with zero attached hydrogens (tertiary/aromatic N) is 3. The van der Waals surface area contributed by atoms with E-state index in [2.05, 4.69) is 25.9 Å². The molecule has 2 aromatic carbocycles. The lowest BCUT2D eigenvalue weighted by molar-refractivity contribution is 0.201. The third-order valence-corrected chi connectivity index (χ3v) is 7.43. The van der Waals surface area contributed by atoms with Crippen LogP contribution in [0.1, 0.15) is 37.7 Å². The number of nitrogens with one attached hydrogen (secondary N) is 2. The highest BCUT2D eigenvalue weighted by Gasteiger charge is 2.22. The van der Waals surface area contributed by atoms with Crippen LogP contribution in [-0.4, -0.2) is 47.5 Å². The van der Waals surface area contributed by atoms with Gasteiger partial charge in [0.2, 0.25) is 11.0 Å². The Bertz CT molecular complexity index is 1370. The number of rotatable bonds is 10. The van der Waals surface area contributed by atoms with Crippen molar-refractivity contribution in [2.24, 2.45) is 5.92 Å². The van der Waals surface area contributed by atoms with E-state index < -0.39 is 6.09 Å². The number of methoxy groups -OCH3 is 2. The zero-order valence-corrected chi connectivity index (χ0v) is 22.0. The molecule has 0 saturated heterocycles. The van der Waals surface area contributed by atoms with E-state index in [9.17, 15) is 4.79 Å². The molecule has 200 valence electrons. The van der Waals surface area contributed by atoms with Crippen molar-refractivity contribution in [2.45, 2.75) is 38.7 Å². The molecule has 0 atom stereocenters. The lowest BCUT2D eigenvalue weighted by Gasteiger charge is -2.22. The van der Waals surface area contributed by atoms with Gasteiger partial charge in [0.25, 0.3) is 0 Å². The Morgan fingerprint density at radius 3 is 2.61 bits per heavy atom. The Labute approximate surface area is 223 Å². The first-order valence-corrected chi connectivity index (χ1v) is 13.2. The predicted molar refractivity (Wildman–Crippen MR) is 142 cm³/mol. The largest absolute Gasteiger partial charge is 0.493 e. The third kappa shape index (κ3) is 5.91. The van der Waals surface area contributed by atoms with E-state index in [-0.39, 0.29) is 17.6 Å². The molecule has 2 aromatic heterocycles. The van der Waals surface area contributed by atoms with Crippen molar-refractivity contribution in [3.05, 3.63) is 42.0 Å². The Morgan fingerprint density at radius 1 is 1.05 bits per heavy atom. The Balaban J connectivity index is 1.39. The van der Waals surface area contributed by atoms with Gasteiger partial charge in [0.1, 0.15) is 12.4 Å². The second-order valence-corrected chi connectivity index (χ2v) is 9.91. The van der Waals surface area contributed by atoms with E-state index in [0.717, 1.165) is 21.4 Å². The highest BCUT2D eigenvalue weighted by Crippen LogP contribution is 2.48. The number of benzene rings is 2. The molecule has 0 spiro atoms. The summed E-state index contributed by atoms with van der Waals surface area (Å²) >= 11 is 1.25. The molecule has 0 radical (unpaired) electrons. The minimum atomic E-state index is -0.768. The highest BCUT2D eigenvalue weighted by atomic mass is 32.1. The van der Waals surface area contributed by atoms with Gasteiger partial charge >= 0.3 is 6.09 Å². The fourth-order valence-corrected chi connectivity index (χ4v) is 5.48. The number of para-hydroxylation sites is 1. The summed E-state index contributed by atoms with van der Waals surface area (Å²) in [5.41, 5.74) is 0.895. The molecule has 5 rings (SSSR count). The van der Waals surface area contributed by atoms with Gasteiger partial charge in [-0.15, -0.1) is 0 Å². The fourth-order valence-electron chi connectivity index (χ4n) is 4.48. The first-order valence-electron chi connectivity index (χ1n) is 12.4. The van der Waals surface area contributed by atoms with Crippen molar-refractivity contribution in [3.8, 4) is 28.1 Å². The molecule has 1 fully saturated rings. The lowest BCUT2D eigenvalue weighted by atomic mass is 9.90. The molecule has 0 aliphatic heterocycles. The number of aromatic nitrogens is 4. The maximum Gasteiger partial charge on any atom is 0.420 e. The zero-order chi connectivity index (χ0) is 26.3. The van der Waals surface area contributed by atoms with Crippen LogP contribution >= 0.6 is 11.3 Å². The van der Waals surface area contributed by atoms with Crippen LogP contribution in [-0.2, 0) is 6.61 Å². The second kappa shape index (κ2) is 12.0. The van der Waals surface area contributed by atoms with Gasteiger partial charge in [-0.3, -0.25) is 5.32 Å². The van der Waals surface area contributed by atoms with Crippen LogP contribution in [0.3, 0.4) is 0 Å². The summed E-state index contributed by atoms with van der Waals surface area (Å²) in [5.74, 6) is 2.92. The summed E-state index contributed by atoms with van der Waals surface area (Å²) in [5, 5.41) is 16.4. The van der Waals surface area contributed by atoms with Crippen LogP contribution in [0.25, 0.3) is 10.1 Å². The molecule has 1 aliphatic carbocycles. The van der Waals surface area contributed by atoms with Crippen LogP contribution < -0.4 is 29.0 Å². The minimum Gasteiger partial charge on any atom is -0.493 e.